The lowest BCUT2D eigenvalue weighted by atomic mass is 10.2. The number of carbonyl (C=O) groups excluding carboxylic acids is 1. The van der Waals surface area contributed by atoms with E-state index in [0.29, 0.717) is 5.89 Å². The van der Waals surface area contributed by atoms with Crippen molar-refractivity contribution in [1.29, 1.82) is 0 Å². The fourth-order valence-electron chi connectivity index (χ4n) is 2.12. The van der Waals surface area contributed by atoms with E-state index < -0.39 is 22.1 Å². The maximum atomic E-state index is 12.4. The van der Waals surface area contributed by atoms with E-state index in [-0.39, 0.29) is 17.1 Å². The molecule has 2 heterocycles. The van der Waals surface area contributed by atoms with Crippen LogP contribution < -0.4 is 4.72 Å². The van der Waals surface area contributed by atoms with Gasteiger partial charge in [-0.25, -0.2) is 13.2 Å². The highest BCUT2D eigenvalue weighted by molar-refractivity contribution is 7.92. The van der Waals surface area contributed by atoms with Crippen molar-refractivity contribution in [3.05, 3.63) is 53.2 Å². The van der Waals surface area contributed by atoms with Gasteiger partial charge in [-0.15, -0.1) is 21.5 Å². The average molecular weight is 393 g/mol. The predicted octanol–water partition coefficient (Wildman–Crippen LogP) is 3.09. The summed E-state index contributed by atoms with van der Waals surface area (Å²) in [7, 11) is -3.53. The Morgan fingerprint density at radius 1 is 1.23 bits per heavy atom. The van der Waals surface area contributed by atoms with Crippen LogP contribution in [0.2, 0.25) is 0 Å². The van der Waals surface area contributed by atoms with Gasteiger partial charge in [0.25, 0.3) is 11.8 Å². The number of nitrogens with zero attached hydrogens (tertiary/aromatic N) is 2. The second-order valence-corrected chi connectivity index (χ2v) is 8.09. The van der Waals surface area contributed by atoms with E-state index >= 15 is 0 Å². The van der Waals surface area contributed by atoms with E-state index in [2.05, 4.69) is 14.9 Å². The Kier molecular flexibility index (Phi) is 5.05. The number of nitrogens with one attached hydrogen (secondary N) is 1. The first kappa shape index (κ1) is 18.1. The highest BCUT2D eigenvalue weighted by atomic mass is 32.2. The topological polar surface area (TPSA) is 111 Å². The zero-order valence-corrected chi connectivity index (χ0v) is 15.5. The molecule has 0 spiro atoms. The van der Waals surface area contributed by atoms with Gasteiger partial charge >= 0.3 is 5.97 Å². The van der Waals surface area contributed by atoms with Gasteiger partial charge in [0, 0.05) is 0 Å². The van der Waals surface area contributed by atoms with Gasteiger partial charge in [-0.1, -0.05) is 18.2 Å². The van der Waals surface area contributed by atoms with Crippen molar-refractivity contribution in [3.63, 3.8) is 0 Å². The summed E-state index contributed by atoms with van der Waals surface area (Å²) in [4.78, 5) is 13.2. The molecule has 0 bridgehead atoms. The largest absolute Gasteiger partial charge is 0.449 e. The third-order valence-electron chi connectivity index (χ3n) is 3.25. The number of anilines is 1. The van der Waals surface area contributed by atoms with E-state index in [1.165, 1.54) is 23.5 Å². The van der Waals surface area contributed by atoms with Gasteiger partial charge in [0.15, 0.2) is 6.10 Å². The number of aromatic nitrogens is 2. The number of ether oxygens (including phenoxy) is 1. The summed E-state index contributed by atoms with van der Waals surface area (Å²) in [5.74, 6) is -0.215. The Bertz CT molecular complexity index is 1010. The van der Waals surface area contributed by atoms with Gasteiger partial charge in [-0.3, -0.25) is 4.72 Å². The van der Waals surface area contributed by atoms with E-state index in [0.717, 1.165) is 11.1 Å². The molecule has 26 heavy (non-hydrogen) atoms. The molecule has 0 saturated carbocycles. The minimum absolute atomic E-state index is 0.0859. The Balaban J connectivity index is 1.76. The van der Waals surface area contributed by atoms with Crippen LogP contribution in [-0.4, -0.2) is 30.8 Å². The minimum atomic E-state index is -3.53. The molecule has 1 aromatic carbocycles. The molecule has 0 saturated heterocycles. The number of benzene rings is 1. The molecule has 1 atom stereocenters. The fraction of sp³-hybridized carbons (Fsp3) is 0.188. The molecule has 2 aromatic heterocycles. The van der Waals surface area contributed by atoms with Crippen LogP contribution >= 0.6 is 11.3 Å². The molecular weight excluding hydrogens is 378 g/mol. The number of carbonyl (C=O) groups is 1. The van der Waals surface area contributed by atoms with E-state index in [1.54, 1.807) is 19.1 Å². The first-order valence-electron chi connectivity index (χ1n) is 7.48. The molecule has 10 heteroatoms. The highest BCUT2D eigenvalue weighted by Gasteiger charge is 2.22. The number of hydrogen-bond donors (Lipinski definition) is 1. The Hall–Kier alpha value is -2.72. The maximum absolute atomic E-state index is 12.4. The van der Waals surface area contributed by atoms with Crippen LogP contribution in [0.25, 0.3) is 10.8 Å². The van der Waals surface area contributed by atoms with E-state index in [4.69, 9.17) is 9.15 Å². The normalized spacial score (nSPS) is 12.5. The molecule has 8 nitrogen and oxygen atoms in total. The number of para-hydroxylation sites is 1. The molecule has 0 amide bonds. The summed E-state index contributed by atoms with van der Waals surface area (Å²) in [6.07, 6.45) is 0.206. The van der Waals surface area contributed by atoms with Crippen LogP contribution in [0.1, 0.15) is 29.3 Å². The Morgan fingerprint density at radius 3 is 2.69 bits per heavy atom. The van der Waals surface area contributed by atoms with Crippen LogP contribution in [0, 0.1) is 0 Å². The highest BCUT2D eigenvalue weighted by Crippen LogP contribution is 2.27. The fourth-order valence-corrected chi connectivity index (χ4v) is 3.34. The first-order valence-corrected chi connectivity index (χ1v) is 10.3. The molecule has 0 aliphatic carbocycles. The molecule has 0 unspecified atom stereocenters. The first-order chi connectivity index (χ1) is 12.3. The molecule has 3 rings (SSSR count). The molecule has 0 radical (unpaired) electrons. The van der Waals surface area contributed by atoms with Crippen molar-refractivity contribution < 1.29 is 22.4 Å². The van der Waals surface area contributed by atoms with E-state index in [9.17, 15) is 13.2 Å². The molecule has 3 aromatic rings. The summed E-state index contributed by atoms with van der Waals surface area (Å²) >= 11 is 1.45. The molecule has 0 aliphatic heterocycles. The van der Waals surface area contributed by atoms with Crippen LogP contribution in [0.15, 0.2) is 46.2 Å². The number of thiophene rings is 1. The number of sulfonamides is 1. The monoisotopic (exact) mass is 393 g/mol. The summed E-state index contributed by atoms with van der Waals surface area (Å²) in [5, 5.41) is 9.72. The predicted molar refractivity (Wildman–Crippen MR) is 96.4 cm³/mol. The van der Waals surface area contributed by atoms with Gasteiger partial charge in [-0.2, -0.15) is 0 Å². The molecule has 0 fully saturated rings. The lowest BCUT2D eigenvalue weighted by Crippen LogP contribution is -2.15. The van der Waals surface area contributed by atoms with Crippen molar-refractivity contribution in [2.75, 3.05) is 11.0 Å². The molecule has 0 aliphatic rings. The number of hydrogen-bond acceptors (Lipinski definition) is 8. The Labute approximate surface area is 153 Å². The molecular formula is C16H15N3O5S2. The van der Waals surface area contributed by atoms with Gasteiger partial charge in [0.1, 0.15) is 0 Å². The van der Waals surface area contributed by atoms with Crippen molar-refractivity contribution in [1.82, 2.24) is 10.2 Å². The summed E-state index contributed by atoms with van der Waals surface area (Å²) in [6, 6.07) is 9.86. The van der Waals surface area contributed by atoms with E-state index in [1.807, 2.05) is 17.5 Å². The van der Waals surface area contributed by atoms with Gasteiger partial charge in [0.2, 0.25) is 10.0 Å². The Morgan fingerprint density at radius 2 is 2.00 bits per heavy atom. The number of rotatable bonds is 6. The second-order valence-electron chi connectivity index (χ2n) is 5.39. The maximum Gasteiger partial charge on any atom is 0.341 e. The summed E-state index contributed by atoms with van der Waals surface area (Å²) in [5.41, 5.74) is 0.222. The zero-order valence-electron chi connectivity index (χ0n) is 13.9. The van der Waals surface area contributed by atoms with Crippen LogP contribution in [0.4, 0.5) is 5.69 Å². The van der Waals surface area contributed by atoms with Gasteiger partial charge in [-0.05, 0) is 30.5 Å². The SMILES string of the molecule is C[C@H](OC(=O)c1ccccc1NS(C)(=O)=O)c1nnc(-c2cccs2)o1. The summed E-state index contributed by atoms with van der Waals surface area (Å²) in [6.45, 7) is 1.59. The summed E-state index contributed by atoms with van der Waals surface area (Å²) < 4.78 is 36.0. The molecule has 1 N–H and O–H groups in total. The quantitative estimate of drug-likeness (QED) is 0.641. The smallest absolute Gasteiger partial charge is 0.341 e. The lowest BCUT2D eigenvalue weighted by Gasteiger charge is -2.12. The van der Waals surface area contributed by atoms with Crippen LogP contribution in [0.5, 0.6) is 0 Å². The minimum Gasteiger partial charge on any atom is -0.449 e. The van der Waals surface area contributed by atoms with Crippen molar-refractivity contribution >= 4 is 33.0 Å². The standard InChI is InChI=1S/C16H15N3O5S2/c1-10(14-17-18-15(24-14)13-8-5-9-25-13)23-16(20)11-6-3-4-7-12(11)19-26(2,21)22/h3-10,19H,1-2H3/t10-/m0/s1. The molecule has 136 valence electrons. The third-order valence-corrected chi connectivity index (χ3v) is 4.70. The number of esters is 1. The van der Waals surface area contributed by atoms with Crippen LogP contribution in [-0.2, 0) is 14.8 Å². The zero-order chi connectivity index (χ0) is 18.7. The second kappa shape index (κ2) is 7.26. The van der Waals surface area contributed by atoms with Crippen molar-refractivity contribution in [3.8, 4) is 10.8 Å². The average Bonchev–Trinajstić information content (AvgIpc) is 3.25. The van der Waals surface area contributed by atoms with Crippen LogP contribution in [0.3, 0.4) is 0 Å². The van der Waals surface area contributed by atoms with Crippen molar-refractivity contribution in [2.24, 2.45) is 0 Å². The third kappa shape index (κ3) is 4.27. The van der Waals surface area contributed by atoms with Crippen molar-refractivity contribution in [2.45, 2.75) is 13.0 Å². The lowest BCUT2D eigenvalue weighted by molar-refractivity contribution is 0.0281. The van der Waals surface area contributed by atoms with Gasteiger partial charge in [0.05, 0.1) is 22.4 Å². The van der Waals surface area contributed by atoms with Gasteiger partial charge < -0.3 is 9.15 Å².